The SMILES string of the molecule is CCCCCCCC/C=C\[S-].[Ag+]. The molecule has 0 aromatic rings. The van der Waals surface area contributed by atoms with Gasteiger partial charge in [0.1, 0.15) is 0 Å². The van der Waals surface area contributed by atoms with Crippen LogP contribution in [0.3, 0.4) is 0 Å². The van der Waals surface area contributed by atoms with Crippen molar-refractivity contribution in [2.24, 2.45) is 0 Å². The van der Waals surface area contributed by atoms with Crippen molar-refractivity contribution in [2.75, 3.05) is 0 Å². The largest absolute Gasteiger partial charge is 1.00 e. The average Bonchev–Trinajstić information content (AvgIpc) is 2.03. The van der Waals surface area contributed by atoms with Crippen LogP contribution in [0.4, 0.5) is 0 Å². The Bertz CT molecular complexity index is 91.8. The third kappa shape index (κ3) is 13.3. The first kappa shape index (κ1) is 15.2. The van der Waals surface area contributed by atoms with Crippen LogP contribution in [0, 0.1) is 0 Å². The molecule has 0 atom stereocenters. The second-order valence-electron chi connectivity index (χ2n) is 2.93. The molecule has 0 aromatic carbocycles. The summed E-state index contributed by atoms with van der Waals surface area (Å²) in [4.78, 5) is 0. The summed E-state index contributed by atoms with van der Waals surface area (Å²) in [6.07, 6.45) is 11.5. The van der Waals surface area contributed by atoms with Crippen LogP contribution in [0.5, 0.6) is 0 Å². The van der Waals surface area contributed by atoms with Gasteiger partial charge in [0.2, 0.25) is 0 Å². The predicted octanol–water partition coefficient (Wildman–Crippen LogP) is 3.80. The Morgan fingerprint density at radius 3 is 2.17 bits per heavy atom. The normalized spacial score (nSPS) is 10.1. The van der Waals surface area contributed by atoms with Gasteiger partial charge < -0.3 is 12.6 Å². The topological polar surface area (TPSA) is 0 Å². The van der Waals surface area contributed by atoms with Gasteiger partial charge in [-0.05, 0) is 12.8 Å². The van der Waals surface area contributed by atoms with Crippen LogP contribution in [-0.4, -0.2) is 0 Å². The van der Waals surface area contributed by atoms with E-state index >= 15 is 0 Å². The Morgan fingerprint density at radius 1 is 1.00 bits per heavy atom. The van der Waals surface area contributed by atoms with Gasteiger partial charge >= 0.3 is 22.4 Å². The predicted molar refractivity (Wildman–Crippen MR) is 54.5 cm³/mol. The maximum absolute atomic E-state index is 4.69. The Labute approximate surface area is 98.1 Å². The van der Waals surface area contributed by atoms with Gasteiger partial charge in [-0.15, -0.1) is 6.08 Å². The first-order valence-electron chi connectivity index (χ1n) is 4.68. The second-order valence-corrected chi connectivity index (χ2v) is 3.20. The molecule has 0 saturated heterocycles. The van der Waals surface area contributed by atoms with Crippen molar-refractivity contribution in [1.29, 1.82) is 0 Å². The number of allylic oxidation sites excluding steroid dienone is 1. The smallest absolute Gasteiger partial charge is 0.788 e. The Balaban J connectivity index is 0. The van der Waals surface area contributed by atoms with Crippen molar-refractivity contribution in [3.05, 3.63) is 11.5 Å². The summed E-state index contributed by atoms with van der Waals surface area (Å²) >= 11 is 4.69. The second kappa shape index (κ2) is 14.2. The molecule has 0 aliphatic carbocycles. The van der Waals surface area contributed by atoms with Crippen LogP contribution in [0.2, 0.25) is 0 Å². The van der Waals surface area contributed by atoms with Crippen LogP contribution in [0.1, 0.15) is 51.9 Å². The van der Waals surface area contributed by atoms with E-state index in [1.165, 1.54) is 44.9 Å². The van der Waals surface area contributed by atoms with E-state index in [-0.39, 0.29) is 22.4 Å². The van der Waals surface area contributed by atoms with Crippen molar-refractivity contribution in [2.45, 2.75) is 51.9 Å². The number of hydrogen-bond acceptors (Lipinski definition) is 1. The van der Waals surface area contributed by atoms with Gasteiger partial charge in [-0.2, -0.15) is 0 Å². The van der Waals surface area contributed by atoms with Gasteiger partial charge in [0.15, 0.2) is 0 Å². The molecule has 0 aliphatic rings. The molecule has 76 valence electrons. The van der Waals surface area contributed by atoms with Crippen LogP contribution in [0.15, 0.2) is 11.5 Å². The van der Waals surface area contributed by atoms with E-state index < -0.39 is 0 Å². The maximum Gasteiger partial charge on any atom is 1.00 e. The van der Waals surface area contributed by atoms with Crippen molar-refractivity contribution in [3.63, 3.8) is 0 Å². The number of rotatable bonds is 7. The molecule has 0 amide bonds. The minimum atomic E-state index is 0. The van der Waals surface area contributed by atoms with Gasteiger partial charge in [-0.3, -0.25) is 0 Å². The fraction of sp³-hybridized carbons (Fsp3) is 0.800. The third-order valence-electron chi connectivity index (χ3n) is 1.82. The molecule has 0 saturated carbocycles. The molecule has 0 aliphatic heterocycles. The Kier molecular flexibility index (Phi) is 18.0. The zero-order valence-electron chi connectivity index (χ0n) is 7.81. The molecule has 0 fully saturated rings. The maximum atomic E-state index is 4.69. The quantitative estimate of drug-likeness (QED) is 0.388. The average molecular weight is 279 g/mol. The summed E-state index contributed by atoms with van der Waals surface area (Å²) in [7, 11) is 0. The molecule has 0 radical (unpaired) electrons. The van der Waals surface area contributed by atoms with Gasteiger partial charge in [0, 0.05) is 0 Å². The van der Waals surface area contributed by atoms with E-state index in [4.69, 9.17) is 12.6 Å². The minimum Gasteiger partial charge on any atom is -0.788 e. The molecule has 2 heteroatoms. The molecule has 0 nitrogen and oxygen atoms in total. The minimum absolute atomic E-state index is 0. The summed E-state index contributed by atoms with van der Waals surface area (Å²) < 4.78 is 0. The monoisotopic (exact) mass is 278 g/mol. The summed E-state index contributed by atoms with van der Waals surface area (Å²) in [5.41, 5.74) is 0. The van der Waals surface area contributed by atoms with Gasteiger partial charge in [-0.25, -0.2) is 5.41 Å². The standard InChI is InChI=1S/C10H20S.Ag/c1-2-3-4-5-6-7-8-9-10-11;/h9-11H,2-8H2,1H3;/q;+1/p-1/b10-9-;. The zero-order valence-corrected chi connectivity index (χ0v) is 10.1. The van der Waals surface area contributed by atoms with E-state index in [1.807, 2.05) is 0 Å². The van der Waals surface area contributed by atoms with E-state index in [2.05, 4.69) is 13.0 Å². The molecular formula is C10H19AgS. The van der Waals surface area contributed by atoms with Crippen molar-refractivity contribution < 1.29 is 22.4 Å². The van der Waals surface area contributed by atoms with Crippen LogP contribution in [-0.2, 0) is 35.0 Å². The summed E-state index contributed by atoms with van der Waals surface area (Å²) in [6.45, 7) is 2.25. The van der Waals surface area contributed by atoms with Gasteiger partial charge in [0.25, 0.3) is 0 Å². The third-order valence-corrected chi connectivity index (χ3v) is 2.01. The Morgan fingerprint density at radius 2 is 1.58 bits per heavy atom. The van der Waals surface area contributed by atoms with Crippen molar-refractivity contribution in [3.8, 4) is 0 Å². The summed E-state index contributed by atoms with van der Waals surface area (Å²) in [5.74, 6) is 0. The number of unbranched alkanes of at least 4 members (excludes halogenated alkanes) is 6. The van der Waals surface area contributed by atoms with E-state index in [0.717, 1.165) is 0 Å². The molecule has 0 heterocycles. The molecular weight excluding hydrogens is 260 g/mol. The molecule has 0 aromatic heterocycles. The van der Waals surface area contributed by atoms with Crippen LogP contribution in [0.25, 0.3) is 0 Å². The van der Waals surface area contributed by atoms with E-state index in [0.29, 0.717) is 0 Å². The molecule has 0 spiro atoms. The van der Waals surface area contributed by atoms with E-state index in [1.54, 1.807) is 5.41 Å². The van der Waals surface area contributed by atoms with Crippen molar-refractivity contribution in [1.82, 2.24) is 0 Å². The molecule has 0 unspecified atom stereocenters. The first-order chi connectivity index (χ1) is 5.41. The molecule has 12 heavy (non-hydrogen) atoms. The Hall–Kier alpha value is 0.700. The summed E-state index contributed by atoms with van der Waals surface area (Å²) in [6, 6.07) is 0. The molecule has 0 rings (SSSR count). The molecule has 0 N–H and O–H groups in total. The van der Waals surface area contributed by atoms with Gasteiger partial charge in [-0.1, -0.05) is 39.0 Å². The number of hydrogen-bond donors (Lipinski definition) is 0. The van der Waals surface area contributed by atoms with E-state index in [9.17, 15) is 0 Å². The van der Waals surface area contributed by atoms with Crippen molar-refractivity contribution >= 4 is 12.6 Å². The zero-order chi connectivity index (χ0) is 8.36. The van der Waals surface area contributed by atoms with Crippen LogP contribution >= 0.6 is 0 Å². The van der Waals surface area contributed by atoms with Crippen LogP contribution < -0.4 is 0 Å². The van der Waals surface area contributed by atoms with Gasteiger partial charge in [0.05, 0.1) is 0 Å². The fourth-order valence-corrected chi connectivity index (χ4v) is 1.25. The first-order valence-corrected chi connectivity index (χ1v) is 5.16. The summed E-state index contributed by atoms with van der Waals surface area (Å²) in [5, 5.41) is 1.73. The fourth-order valence-electron chi connectivity index (χ4n) is 1.11. The molecule has 0 bridgehead atoms.